The quantitative estimate of drug-likeness (QED) is 0.869. The van der Waals surface area contributed by atoms with Crippen molar-refractivity contribution >= 4 is 23.2 Å². The van der Waals surface area contributed by atoms with Crippen LogP contribution in [0, 0.1) is 5.41 Å². The first kappa shape index (κ1) is 19.0. The summed E-state index contributed by atoms with van der Waals surface area (Å²) in [5.74, 6) is 0.636. The lowest BCUT2D eigenvalue weighted by Crippen LogP contribution is -2.42. The lowest BCUT2D eigenvalue weighted by molar-refractivity contribution is -0.127. The minimum atomic E-state index is -0.589. The predicted molar refractivity (Wildman–Crippen MR) is 107 cm³/mol. The van der Waals surface area contributed by atoms with Crippen molar-refractivity contribution in [3.05, 3.63) is 54.1 Å². The van der Waals surface area contributed by atoms with Gasteiger partial charge in [0.15, 0.2) is 0 Å². The van der Waals surface area contributed by atoms with E-state index in [9.17, 15) is 9.59 Å². The molecule has 0 spiro atoms. The summed E-state index contributed by atoms with van der Waals surface area (Å²) >= 11 is 0. The van der Waals surface area contributed by atoms with Gasteiger partial charge in [0.25, 0.3) is 0 Å². The third kappa shape index (κ3) is 4.30. The molecule has 2 aromatic rings. The van der Waals surface area contributed by atoms with Gasteiger partial charge in [0, 0.05) is 18.7 Å². The summed E-state index contributed by atoms with van der Waals surface area (Å²) in [6.45, 7) is 6.59. The minimum Gasteiger partial charge on any atom is -0.490 e. The SMILES string of the molecule is CCN1C(=O)C(C)(C)COc2ccc(NC(=O)CCc3ccccc3)cc21. The molecular weight excluding hydrogens is 340 g/mol. The smallest absolute Gasteiger partial charge is 0.236 e. The number of amides is 2. The maximum Gasteiger partial charge on any atom is 0.236 e. The first-order valence-corrected chi connectivity index (χ1v) is 9.33. The number of aryl methyl sites for hydroxylation is 1. The Balaban J connectivity index is 1.73. The van der Waals surface area contributed by atoms with Gasteiger partial charge in [-0.1, -0.05) is 30.3 Å². The summed E-state index contributed by atoms with van der Waals surface area (Å²) in [4.78, 5) is 26.9. The molecule has 0 saturated carbocycles. The van der Waals surface area contributed by atoms with Crippen LogP contribution in [0.25, 0.3) is 0 Å². The zero-order chi connectivity index (χ0) is 19.4. The van der Waals surface area contributed by atoms with Crippen LogP contribution < -0.4 is 15.0 Å². The Morgan fingerprint density at radius 1 is 1.19 bits per heavy atom. The number of benzene rings is 2. The third-order valence-electron chi connectivity index (χ3n) is 4.75. The fraction of sp³-hybridized carbons (Fsp3) is 0.364. The molecular formula is C22H26N2O3. The Labute approximate surface area is 160 Å². The van der Waals surface area contributed by atoms with Gasteiger partial charge in [0.2, 0.25) is 11.8 Å². The molecule has 5 nitrogen and oxygen atoms in total. The molecule has 5 heteroatoms. The molecule has 1 heterocycles. The van der Waals surface area contributed by atoms with Crippen LogP contribution in [0.2, 0.25) is 0 Å². The number of rotatable bonds is 5. The highest BCUT2D eigenvalue weighted by Crippen LogP contribution is 2.38. The molecule has 0 fully saturated rings. The maximum absolute atomic E-state index is 12.8. The average molecular weight is 366 g/mol. The Morgan fingerprint density at radius 2 is 1.93 bits per heavy atom. The molecule has 3 rings (SSSR count). The van der Waals surface area contributed by atoms with E-state index in [4.69, 9.17) is 4.74 Å². The zero-order valence-electron chi connectivity index (χ0n) is 16.1. The molecule has 2 aromatic carbocycles. The molecule has 0 atom stereocenters. The summed E-state index contributed by atoms with van der Waals surface area (Å²) in [5.41, 5.74) is 1.91. The highest BCUT2D eigenvalue weighted by atomic mass is 16.5. The van der Waals surface area contributed by atoms with Crippen molar-refractivity contribution in [3.8, 4) is 5.75 Å². The standard InChI is InChI=1S/C22H26N2O3/c1-4-24-18-14-17(11-12-19(18)27-15-22(2,3)21(24)26)23-20(25)13-10-16-8-6-5-7-9-16/h5-9,11-12,14H,4,10,13,15H2,1-3H3,(H,23,25). The van der Waals surface area contributed by atoms with Crippen LogP contribution in [0.1, 0.15) is 32.8 Å². The average Bonchev–Trinajstić information content (AvgIpc) is 2.75. The van der Waals surface area contributed by atoms with Gasteiger partial charge in [-0.2, -0.15) is 0 Å². The molecule has 0 aromatic heterocycles. The molecule has 0 radical (unpaired) electrons. The molecule has 27 heavy (non-hydrogen) atoms. The number of nitrogens with zero attached hydrogens (tertiary/aromatic N) is 1. The van der Waals surface area contributed by atoms with Gasteiger partial charge >= 0.3 is 0 Å². The normalized spacial score (nSPS) is 15.5. The molecule has 0 aliphatic carbocycles. The predicted octanol–water partition coefficient (Wildman–Crippen LogP) is 4.03. The van der Waals surface area contributed by atoms with E-state index in [1.165, 1.54) is 0 Å². The maximum atomic E-state index is 12.8. The third-order valence-corrected chi connectivity index (χ3v) is 4.75. The van der Waals surface area contributed by atoms with Crippen molar-refractivity contribution in [2.45, 2.75) is 33.6 Å². The number of ether oxygens (including phenoxy) is 1. The Hall–Kier alpha value is -2.82. The van der Waals surface area contributed by atoms with Crippen molar-refractivity contribution < 1.29 is 14.3 Å². The van der Waals surface area contributed by atoms with Crippen LogP contribution in [0.3, 0.4) is 0 Å². The second-order valence-electron chi connectivity index (χ2n) is 7.44. The summed E-state index contributed by atoms with van der Waals surface area (Å²) in [6.07, 6.45) is 1.09. The van der Waals surface area contributed by atoms with Gasteiger partial charge in [0.05, 0.1) is 11.1 Å². The molecule has 2 amide bonds. The van der Waals surface area contributed by atoms with Crippen LogP contribution >= 0.6 is 0 Å². The van der Waals surface area contributed by atoms with E-state index in [0.29, 0.717) is 43.1 Å². The largest absolute Gasteiger partial charge is 0.490 e. The summed E-state index contributed by atoms with van der Waals surface area (Å²) in [5, 5.41) is 2.93. The second-order valence-corrected chi connectivity index (χ2v) is 7.44. The minimum absolute atomic E-state index is 0.0244. The summed E-state index contributed by atoms with van der Waals surface area (Å²) in [7, 11) is 0. The number of hydrogen-bond acceptors (Lipinski definition) is 3. The second kappa shape index (κ2) is 7.82. The van der Waals surface area contributed by atoms with Gasteiger partial charge in [-0.15, -0.1) is 0 Å². The number of hydrogen-bond donors (Lipinski definition) is 1. The van der Waals surface area contributed by atoms with Gasteiger partial charge in [0.1, 0.15) is 12.4 Å². The van der Waals surface area contributed by atoms with Crippen molar-refractivity contribution in [1.29, 1.82) is 0 Å². The van der Waals surface area contributed by atoms with Crippen LogP contribution in [0.5, 0.6) is 5.75 Å². The fourth-order valence-electron chi connectivity index (χ4n) is 3.16. The number of carbonyl (C=O) groups excluding carboxylic acids is 2. The van der Waals surface area contributed by atoms with E-state index >= 15 is 0 Å². The molecule has 142 valence electrons. The van der Waals surface area contributed by atoms with Crippen LogP contribution in [0.15, 0.2) is 48.5 Å². The summed E-state index contributed by atoms with van der Waals surface area (Å²) < 4.78 is 5.86. The van der Waals surface area contributed by atoms with Gasteiger partial charge < -0.3 is 15.0 Å². The Kier molecular flexibility index (Phi) is 5.49. The van der Waals surface area contributed by atoms with Crippen molar-refractivity contribution in [2.75, 3.05) is 23.4 Å². The van der Waals surface area contributed by atoms with Crippen molar-refractivity contribution in [1.82, 2.24) is 0 Å². The van der Waals surface area contributed by atoms with Crippen LogP contribution in [0.4, 0.5) is 11.4 Å². The highest BCUT2D eigenvalue weighted by molar-refractivity contribution is 6.00. The molecule has 0 unspecified atom stereocenters. The van der Waals surface area contributed by atoms with Gasteiger partial charge in [-0.05, 0) is 51.0 Å². The first-order valence-electron chi connectivity index (χ1n) is 9.33. The summed E-state index contributed by atoms with van der Waals surface area (Å²) in [6, 6.07) is 15.4. The van der Waals surface area contributed by atoms with E-state index in [2.05, 4.69) is 5.32 Å². The van der Waals surface area contributed by atoms with E-state index in [0.717, 1.165) is 5.56 Å². The Morgan fingerprint density at radius 3 is 2.63 bits per heavy atom. The molecule has 0 saturated heterocycles. The number of carbonyl (C=O) groups is 2. The van der Waals surface area contributed by atoms with Gasteiger partial charge in [-0.25, -0.2) is 0 Å². The topological polar surface area (TPSA) is 58.6 Å². The van der Waals surface area contributed by atoms with Crippen molar-refractivity contribution in [2.24, 2.45) is 5.41 Å². The molecule has 1 aliphatic heterocycles. The zero-order valence-corrected chi connectivity index (χ0v) is 16.1. The number of anilines is 2. The lowest BCUT2D eigenvalue weighted by atomic mass is 9.93. The van der Waals surface area contributed by atoms with Gasteiger partial charge in [-0.3, -0.25) is 9.59 Å². The van der Waals surface area contributed by atoms with E-state index in [-0.39, 0.29) is 11.8 Å². The van der Waals surface area contributed by atoms with E-state index in [1.807, 2.05) is 69.3 Å². The highest BCUT2D eigenvalue weighted by Gasteiger charge is 2.37. The molecule has 0 bridgehead atoms. The Bertz CT molecular complexity index is 831. The number of nitrogens with one attached hydrogen (secondary N) is 1. The van der Waals surface area contributed by atoms with E-state index < -0.39 is 5.41 Å². The van der Waals surface area contributed by atoms with Crippen LogP contribution in [-0.4, -0.2) is 25.0 Å². The monoisotopic (exact) mass is 366 g/mol. The fourth-order valence-corrected chi connectivity index (χ4v) is 3.16. The number of fused-ring (bicyclic) bond motifs is 1. The lowest BCUT2D eigenvalue weighted by Gasteiger charge is -2.27. The molecule has 1 N–H and O–H groups in total. The van der Waals surface area contributed by atoms with Crippen LogP contribution in [-0.2, 0) is 16.0 Å². The first-order chi connectivity index (χ1) is 12.9. The van der Waals surface area contributed by atoms with Crippen molar-refractivity contribution in [3.63, 3.8) is 0 Å². The molecule has 1 aliphatic rings. The van der Waals surface area contributed by atoms with E-state index in [1.54, 1.807) is 4.90 Å².